The Kier molecular flexibility index (Phi) is 4.99. The summed E-state index contributed by atoms with van der Waals surface area (Å²) in [7, 11) is 1.81. The third-order valence-corrected chi connectivity index (χ3v) is 2.65. The summed E-state index contributed by atoms with van der Waals surface area (Å²) in [5, 5.41) is 0. The Bertz CT molecular complexity index is 324. The Hall–Kier alpha value is -1.35. The molecule has 0 aliphatic heterocycles. The summed E-state index contributed by atoms with van der Waals surface area (Å²) in [6.45, 7) is 2.88. The van der Waals surface area contributed by atoms with E-state index in [1.807, 2.05) is 30.3 Å². The number of carbonyl (C=O) groups is 1. The minimum Gasteiger partial charge on any atom is -0.344 e. The van der Waals surface area contributed by atoms with Gasteiger partial charge in [0.15, 0.2) is 0 Å². The van der Waals surface area contributed by atoms with Crippen molar-refractivity contribution in [1.82, 2.24) is 4.90 Å². The summed E-state index contributed by atoms with van der Waals surface area (Å²) in [6.07, 6.45) is 2.10. The van der Waals surface area contributed by atoms with Crippen LogP contribution in [-0.2, 0) is 4.79 Å². The fourth-order valence-corrected chi connectivity index (χ4v) is 1.55. The molecule has 1 amide bonds. The lowest BCUT2D eigenvalue weighted by atomic mass is 10.1. The Balaban J connectivity index is 2.60. The largest absolute Gasteiger partial charge is 0.344 e. The standard InChI is InChI=1S/C13H20N2O/c1-3-4-10-15(2)13(16)12(14)11-8-6-5-7-9-11/h5-9,12H,3-4,10,14H2,1-2H3/t12-/m1/s1. The van der Waals surface area contributed by atoms with Crippen LogP contribution in [0.25, 0.3) is 0 Å². The van der Waals surface area contributed by atoms with Crippen molar-refractivity contribution >= 4 is 5.91 Å². The zero-order valence-corrected chi connectivity index (χ0v) is 10.0. The molecule has 0 unspecified atom stereocenters. The van der Waals surface area contributed by atoms with Gasteiger partial charge in [0.1, 0.15) is 6.04 Å². The van der Waals surface area contributed by atoms with Crippen LogP contribution in [0.1, 0.15) is 31.4 Å². The van der Waals surface area contributed by atoms with Gasteiger partial charge in [0.2, 0.25) is 5.91 Å². The van der Waals surface area contributed by atoms with Crippen molar-refractivity contribution in [2.24, 2.45) is 5.73 Å². The number of unbranched alkanes of at least 4 members (excludes halogenated alkanes) is 1. The molecule has 1 aromatic rings. The Morgan fingerprint density at radius 3 is 2.56 bits per heavy atom. The van der Waals surface area contributed by atoms with Crippen molar-refractivity contribution in [2.45, 2.75) is 25.8 Å². The number of rotatable bonds is 5. The minimum atomic E-state index is -0.539. The second-order valence-corrected chi connectivity index (χ2v) is 4.00. The lowest BCUT2D eigenvalue weighted by molar-refractivity contribution is -0.131. The normalized spacial score (nSPS) is 12.2. The van der Waals surface area contributed by atoms with Crippen LogP contribution in [0.5, 0.6) is 0 Å². The second-order valence-electron chi connectivity index (χ2n) is 4.00. The number of nitrogens with two attached hydrogens (primary N) is 1. The number of nitrogens with zero attached hydrogens (tertiary/aromatic N) is 1. The van der Waals surface area contributed by atoms with Gasteiger partial charge in [-0.3, -0.25) is 4.79 Å². The van der Waals surface area contributed by atoms with E-state index >= 15 is 0 Å². The van der Waals surface area contributed by atoms with Gasteiger partial charge in [-0.05, 0) is 12.0 Å². The van der Waals surface area contributed by atoms with Crippen LogP contribution >= 0.6 is 0 Å². The highest BCUT2D eigenvalue weighted by molar-refractivity contribution is 5.82. The molecule has 0 aromatic heterocycles. The summed E-state index contributed by atoms with van der Waals surface area (Å²) < 4.78 is 0. The van der Waals surface area contributed by atoms with Crippen molar-refractivity contribution in [1.29, 1.82) is 0 Å². The SMILES string of the molecule is CCCCN(C)C(=O)[C@H](N)c1ccccc1. The van der Waals surface area contributed by atoms with Gasteiger partial charge >= 0.3 is 0 Å². The number of amides is 1. The van der Waals surface area contributed by atoms with E-state index in [0.717, 1.165) is 24.9 Å². The molecular weight excluding hydrogens is 200 g/mol. The lowest BCUT2D eigenvalue weighted by Gasteiger charge is -2.21. The molecule has 0 saturated carbocycles. The van der Waals surface area contributed by atoms with E-state index in [-0.39, 0.29) is 5.91 Å². The third kappa shape index (κ3) is 3.35. The van der Waals surface area contributed by atoms with Crippen molar-refractivity contribution < 1.29 is 4.79 Å². The summed E-state index contributed by atoms with van der Waals surface area (Å²) in [5.41, 5.74) is 6.79. The maximum Gasteiger partial charge on any atom is 0.243 e. The predicted octanol–water partition coefficient (Wildman–Crippen LogP) is 1.94. The van der Waals surface area contributed by atoms with Gasteiger partial charge in [-0.1, -0.05) is 43.7 Å². The van der Waals surface area contributed by atoms with Crippen molar-refractivity contribution in [3.8, 4) is 0 Å². The van der Waals surface area contributed by atoms with Crippen LogP contribution in [0.2, 0.25) is 0 Å². The van der Waals surface area contributed by atoms with E-state index in [4.69, 9.17) is 5.73 Å². The topological polar surface area (TPSA) is 46.3 Å². The van der Waals surface area contributed by atoms with Crippen LogP contribution < -0.4 is 5.73 Å². The van der Waals surface area contributed by atoms with E-state index in [9.17, 15) is 4.79 Å². The number of hydrogen-bond donors (Lipinski definition) is 1. The first-order valence-corrected chi connectivity index (χ1v) is 5.72. The monoisotopic (exact) mass is 220 g/mol. The van der Waals surface area contributed by atoms with Gasteiger partial charge in [-0.25, -0.2) is 0 Å². The highest BCUT2D eigenvalue weighted by atomic mass is 16.2. The van der Waals surface area contributed by atoms with Crippen LogP contribution in [-0.4, -0.2) is 24.4 Å². The van der Waals surface area contributed by atoms with Gasteiger partial charge in [0.05, 0.1) is 0 Å². The smallest absolute Gasteiger partial charge is 0.243 e. The molecule has 0 aliphatic carbocycles. The molecule has 88 valence electrons. The number of likely N-dealkylation sites (N-methyl/N-ethyl adjacent to an activating group) is 1. The number of carbonyl (C=O) groups excluding carboxylic acids is 1. The van der Waals surface area contributed by atoms with Crippen molar-refractivity contribution in [3.63, 3.8) is 0 Å². The van der Waals surface area contributed by atoms with E-state index in [1.165, 1.54) is 0 Å². The molecule has 1 atom stereocenters. The molecule has 1 rings (SSSR count). The molecular formula is C13H20N2O. The summed E-state index contributed by atoms with van der Waals surface area (Å²) >= 11 is 0. The van der Waals surface area contributed by atoms with E-state index in [1.54, 1.807) is 11.9 Å². The quantitative estimate of drug-likeness (QED) is 0.824. The van der Waals surface area contributed by atoms with E-state index < -0.39 is 6.04 Å². The first-order valence-electron chi connectivity index (χ1n) is 5.72. The first-order chi connectivity index (χ1) is 7.66. The maximum absolute atomic E-state index is 12.0. The molecule has 0 fully saturated rings. The van der Waals surface area contributed by atoms with Crippen LogP contribution in [0, 0.1) is 0 Å². The first kappa shape index (κ1) is 12.7. The molecule has 0 saturated heterocycles. The molecule has 2 N–H and O–H groups in total. The molecule has 3 nitrogen and oxygen atoms in total. The average Bonchev–Trinajstić information content (AvgIpc) is 2.35. The van der Waals surface area contributed by atoms with E-state index in [0.29, 0.717) is 0 Å². The molecule has 0 aliphatic rings. The van der Waals surface area contributed by atoms with Crippen LogP contribution in [0.3, 0.4) is 0 Å². The molecule has 0 spiro atoms. The van der Waals surface area contributed by atoms with Crippen LogP contribution in [0.15, 0.2) is 30.3 Å². The fraction of sp³-hybridized carbons (Fsp3) is 0.462. The van der Waals surface area contributed by atoms with Gasteiger partial charge in [-0.15, -0.1) is 0 Å². The fourth-order valence-electron chi connectivity index (χ4n) is 1.55. The van der Waals surface area contributed by atoms with Crippen LogP contribution in [0.4, 0.5) is 0 Å². The zero-order chi connectivity index (χ0) is 12.0. The minimum absolute atomic E-state index is 0.0142. The van der Waals surface area contributed by atoms with Crippen molar-refractivity contribution in [3.05, 3.63) is 35.9 Å². The number of benzene rings is 1. The maximum atomic E-state index is 12.0. The molecule has 0 heterocycles. The van der Waals surface area contributed by atoms with E-state index in [2.05, 4.69) is 6.92 Å². The molecule has 0 bridgehead atoms. The Morgan fingerprint density at radius 2 is 2.00 bits per heavy atom. The summed E-state index contributed by atoms with van der Waals surface area (Å²) in [5.74, 6) is -0.0142. The van der Waals surface area contributed by atoms with Gasteiger partial charge in [-0.2, -0.15) is 0 Å². The zero-order valence-electron chi connectivity index (χ0n) is 10.0. The highest BCUT2D eigenvalue weighted by Gasteiger charge is 2.18. The average molecular weight is 220 g/mol. The third-order valence-electron chi connectivity index (χ3n) is 2.65. The van der Waals surface area contributed by atoms with Gasteiger partial charge in [0.25, 0.3) is 0 Å². The predicted molar refractivity (Wildman–Crippen MR) is 65.9 cm³/mol. The molecule has 1 aromatic carbocycles. The molecule has 16 heavy (non-hydrogen) atoms. The second kappa shape index (κ2) is 6.28. The Labute approximate surface area is 97.2 Å². The number of hydrogen-bond acceptors (Lipinski definition) is 2. The van der Waals surface area contributed by atoms with Gasteiger partial charge in [0, 0.05) is 13.6 Å². The molecule has 3 heteroatoms. The molecule has 0 radical (unpaired) electrons. The Morgan fingerprint density at radius 1 is 1.38 bits per heavy atom. The van der Waals surface area contributed by atoms with Gasteiger partial charge < -0.3 is 10.6 Å². The highest BCUT2D eigenvalue weighted by Crippen LogP contribution is 2.12. The van der Waals surface area contributed by atoms with Crippen molar-refractivity contribution in [2.75, 3.05) is 13.6 Å². The summed E-state index contributed by atoms with van der Waals surface area (Å²) in [4.78, 5) is 13.7. The summed E-state index contributed by atoms with van der Waals surface area (Å²) in [6, 6.07) is 8.94. The lowest BCUT2D eigenvalue weighted by Crippen LogP contribution is -2.36.